The van der Waals surface area contributed by atoms with Gasteiger partial charge in [-0.15, -0.1) is 0 Å². The molecular weight excluding hydrogens is 248 g/mol. The molecule has 0 spiro atoms. The summed E-state index contributed by atoms with van der Waals surface area (Å²) in [5, 5.41) is 0. The van der Waals surface area contributed by atoms with E-state index in [1.165, 1.54) is 11.1 Å². The zero-order valence-corrected chi connectivity index (χ0v) is 12.6. The van der Waals surface area contributed by atoms with Crippen LogP contribution in [0.4, 0.5) is 0 Å². The first-order chi connectivity index (χ1) is 8.08. The highest BCUT2D eigenvalue weighted by molar-refractivity contribution is 8.10. The third kappa shape index (κ3) is 2.39. The number of nitrogens with zero attached hydrogens (tertiary/aromatic N) is 1. The second-order valence-electron chi connectivity index (χ2n) is 4.77. The number of hydrogen-bond donors (Lipinski definition) is 0. The van der Waals surface area contributed by atoms with Crippen molar-refractivity contribution < 1.29 is 4.79 Å². The Hall–Kier alpha value is -0.450. The first kappa shape index (κ1) is 13.0. The number of carbonyl (C=O) groups is 1. The van der Waals surface area contributed by atoms with Crippen molar-refractivity contribution in [2.24, 2.45) is 0 Å². The Morgan fingerprint density at radius 3 is 2.53 bits per heavy atom. The molecular formula is C13H19NOP2. The van der Waals surface area contributed by atoms with Gasteiger partial charge in [-0.25, -0.2) is 0 Å². The molecule has 0 aromatic heterocycles. The van der Waals surface area contributed by atoms with Crippen LogP contribution in [0.25, 0.3) is 0 Å². The number of benzene rings is 1. The molecule has 92 valence electrons. The molecule has 0 radical (unpaired) electrons. The zero-order chi connectivity index (χ0) is 12.5. The summed E-state index contributed by atoms with van der Waals surface area (Å²) in [7, 11) is 1.51. The number of aryl methyl sites for hydroxylation is 1. The minimum Gasteiger partial charge on any atom is -0.320 e. The van der Waals surface area contributed by atoms with Gasteiger partial charge in [0.25, 0.3) is 0 Å². The molecule has 1 fully saturated rings. The maximum Gasteiger partial charge on any atom is 0.236 e. The van der Waals surface area contributed by atoms with Gasteiger partial charge in [0.2, 0.25) is 5.91 Å². The van der Waals surface area contributed by atoms with Crippen LogP contribution in [0.5, 0.6) is 0 Å². The van der Waals surface area contributed by atoms with Gasteiger partial charge in [-0.05, 0) is 32.5 Å². The first-order valence-electron chi connectivity index (χ1n) is 5.89. The smallest absolute Gasteiger partial charge is 0.236 e. The second kappa shape index (κ2) is 5.04. The molecule has 3 atom stereocenters. The van der Waals surface area contributed by atoms with Crippen LogP contribution in [-0.4, -0.2) is 23.8 Å². The standard InChI is InChI=1S/C13H19NOP2/c1-10-4-6-11(7-5-10)13(2)8-9-14(12(13)15)17-16-3/h4-7,16-17H,8-9H2,1-3H3/t13-/m0/s1. The Labute approximate surface area is 107 Å². The Morgan fingerprint density at radius 2 is 1.94 bits per heavy atom. The van der Waals surface area contributed by atoms with Crippen LogP contribution in [0.2, 0.25) is 0 Å². The van der Waals surface area contributed by atoms with Gasteiger partial charge in [-0.3, -0.25) is 4.79 Å². The van der Waals surface area contributed by atoms with Gasteiger partial charge in [-0.1, -0.05) is 38.1 Å². The Morgan fingerprint density at radius 1 is 1.29 bits per heavy atom. The quantitative estimate of drug-likeness (QED) is 0.769. The summed E-state index contributed by atoms with van der Waals surface area (Å²) in [6.07, 6.45) is 0.951. The Bertz CT molecular complexity index is 418. The van der Waals surface area contributed by atoms with Crippen LogP contribution in [0, 0.1) is 6.92 Å². The molecule has 1 aromatic rings. The SMILES string of the molecule is CPPN1CC[C@@](C)(c2ccc(C)cc2)C1=O. The van der Waals surface area contributed by atoms with E-state index in [0.29, 0.717) is 14.3 Å². The molecule has 0 aliphatic carbocycles. The molecule has 0 N–H and O–H groups in total. The van der Waals surface area contributed by atoms with Gasteiger partial charge in [0.15, 0.2) is 0 Å². The zero-order valence-electron chi connectivity index (χ0n) is 10.6. The molecule has 4 heteroatoms. The molecule has 1 aliphatic rings. The Balaban J connectivity index is 2.25. The number of amides is 1. The Kier molecular flexibility index (Phi) is 3.85. The maximum absolute atomic E-state index is 12.4. The monoisotopic (exact) mass is 267 g/mol. The third-order valence-corrected chi connectivity index (χ3v) is 5.89. The van der Waals surface area contributed by atoms with Gasteiger partial charge >= 0.3 is 0 Å². The molecule has 2 unspecified atom stereocenters. The lowest BCUT2D eigenvalue weighted by Crippen LogP contribution is -2.31. The highest BCUT2D eigenvalue weighted by Crippen LogP contribution is 2.46. The van der Waals surface area contributed by atoms with Crippen LogP contribution < -0.4 is 0 Å². The molecule has 1 heterocycles. The van der Waals surface area contributed by atoms with Crippen LogP contribution >= 0.6 is 16.7 Å². The van der Waals surface area contributed by atoms with Crippen LogP contribution in [0.1, 0.15) is 24.5 Å². The number of hydrogen-bond acceptors (Lipinski definition) is 1. The lowest BCUT2D eigenvalue weighted by molar-refractivity contribution is -0.127. The second-order valence-corrected chi connectivity index (χ2v) is 8.20. The van der Waals surface area contributed by atoms with E-state index < -0.39 is 0 Å². The summed E-state index contributed by atoms with van der Waals surface area (Å²) in [6.45, 7) is 7.24. The van der Waals surface area contributed by atoms with Gasteiger partial charge in [0.1, 0.15) is 0 Å². The molecule has 2 nitrogen and oxygen atoms in total. The third-order valence-electron chi connectivity index (χ3n) is 3.49. The fourth-order valence-electron chi connectivity index (χ4n) is 2.27. The average Bonchev–Trinajstić information content (AvgIpc) is 2.60. The van der Waals surface area contributed by atoms with Crippen molar-refractivity contribution >= 4 is 22.6 Å². The van der Waals surface area contributed by atoms with Gasteiger partial charge in [0, 0.05) is 15.0 Å². The molecule has 1 amide bonds. The fourth-order valence-corrected chi connectivity index (χ4v) is 4.56. The highest BCUT2D eigenvalue weighted by Gasteiger charge is 2.43. The van der Waals surface area contributed by atoms with Crippen LogP contribution in [0.3, 0.4) is 0 Å². The first-order valence-corrected chi connectivity index (χ1v) is 9.34. The predicted molar refractivity (Wildman–Crippen MR) is 77.4 cm³/mol. The summed E-state index contributed by atoms with van der Waals surface area (Å²) in [4.78, 5) is 12.4. The van der Waals surface area contributed by atoms with Crippen molar-refractivity contribution in [3.05, 3.63) is 35.4 Å². The van der Waals surface area contributed by atoms with E-state index in [0.717, 1.165) is 21.2 Å². The molecule has 0 saturated carbocycles. The molecule has 2 rings (SSSR count). The number of rotatable bonds is 3. The van der Waals surface area contributed by atoms with Gasteiger partial charge < -0.3 is 4.67 Å². The minimum atomic E-state index is -0.291. The van der Waals surface area contributed by atoms with E-state index in [9.17, 15) is 4.79 Å². The van der Waals surface area contributed by atoms with Gasteiger partial charge in [0.05, 0.1) is 5.41 Å². The largest absolute Gasteiger partial charge is 0.320 e. The van der Waals surface area contributed by atoms with Crippen molar-refractivity contribution in [3.8, 4) is 0 Å². The summed E-state index contributed by atoms with van der Waals surface area (Å²) in [6, 6.07) is 8.41. The summed E-state index contributed by atoms with van der Waals surface area (Å²) in [5.74, 6) is 0.314. The molecule has 0 bridgehead atoms. The minimum absolute atomic E-state index is 0.291. The molecule has 17 heavy (non-hydrogen) atoms. The van der Waals surface area contributed by atoms with Crippen molar-refractivity contribution in [1.29, 1.82) is 0 Å². The number of carbonyl (C=O) groups excluding carboxylic acids is 1. The lowest BCUT2D eigenvalue weighted by atomic mass is 9.81. The van der Waals surface area contributed by atoms with E-state index in [-0.39, 0.29) is 5.41 Å². The van der Waals surface area contributed by atoms with Gasteiger partial charge in [-0.2, -0.15) is 0 Å². The van der Waals surface area contributed by atoms with Crippen molar-refractivity contribution in [1.82, 2.24) is 4.67 Å². The summed E-state index contributed by atoms with van der Waals surface area (Å²) >= 11 is 0. The molecule has 1 saturated heterocycles. The fraction of sp³-hybridized carbons (Fsp3) is 0.462. The van der Waals surface area contributed by atoms with Crippen molar-refractivity contribution in [2.45, 2.75) is 25.7 Å². The lowest BCUT2D eigenvalue weighted by Gasteiger charge is -2.23. The average molecular weight is 267 g/mol. The molecule has 1 aromatic carbocycles. The van der Waals surface area contributed by atoms with Crippen molar-refractivity contribution in [3.63, 3.8) is 0 Å². The predicted octanol–water partition coefficient (Wildman–Crippen LogP) is 3.30. The molecule has 1 aliphatic heterocycles. The summed E-state index contributed by atoms with van der Waals surface area (Å²) in [5.41, 5.74) is 2.12. The van der Waals surface area contributed by atoms with E-state index in [4.69, 9.17) is 0 Å². The van der Waals surface area contributed by atoms with Crippen LogP contribution in [-0.2, 0) is 10.2 Å². The maximum atomic E-state index is 12.4. The normalized spacial score (nSPS) is 25.8. The topological polar surface area (TPSA) is 20.3 Å². The van der Waals surface area contributed by atoms with E-state index in [2.05, 4.69) is 44.8 Å². The summed E-state index contributed by atoms with van der Waals surface area (Å²) < 4.78 is 2.04. The highest BCUT2D eigenvalue weighted by atomic mass is 32.0. The van der Waals surface area contributed by atoms with E-state index in [1.54, 1.807) is 0 Å². The van der Waals surface area contributed by atoms with Crippen LogP contribution in [0.15, 0.2) is 24.3 Å². The van der Waals surface area contributed by atoms with E-state index in [1.807, 2.05) is 4.67 Å². The van der Waals surface area contributed by atoms with E-state index >= 15 is 0 Å². The van der Waals surface area contributed by atoms with Crippen molar-refractivity contribution in [2.75, 3.05) is 13.2 Å².